The second-order valence-electron chi connectivity index (χ2n) is 7.62. The molecule has 1 aliphatic rings. The number of methoxy groups -OCH3 is 2. The van der Waals surface area contributed by atoms with Gasteiger partial charge in [0.15, 0.2) is 5.96 Å². The van der Waals surface area contributed by atoms with Gasteiger partial charge in [-0.2, -0.15) is 0 Å². The second-order valence-corrected chi connectivity index (χ2v) is 7.62. The Morgan fingerprint density at radius 2 is 1.84 bits per heavy atom. The van der Waals surface area contributed by atoms with Gasteiger partial charge in [-0.3, -0.25) is 9.69 Å². The normalized spacial score (nSPS) is 15.0. The number of rotatable bonds is 13. The quantitative estimate of drug-likeness (QED) is 0.263. The van der Waals surface area contributed by atoms with E-state index in [-0.39, 0.29) is 5.91 Å². The zero-order chi connectivity index (χ0) is 23.0. The largest absolute Gasteiger partial charge is 0.493 e. The smallest absolute Gasteiger partial charge is 0.234 e. The van der Waals surface area contributed by atoms with Gasteiger partial charge in [-0.05, 0) is 24.6 Å². The summed E-state index contributed by atoms with van der Waals surface area (Å²) in [6, 6.07) is 8.07. The number of hydrogen-bond donors (Lipinski definition) is 2. The van der Waals surface area contributed by atoms with Crippen molar-refractivity contribution in [1.82, 2.24) is 20.4 Å². The Morgan fingerprint density at radius 3 is 2.56 bits per heavy atom. The van der Waals surface area contributed by atoms with Crippen LogP contribution >= 0.6 is 0 Å². The summed E-state index contributed by atoms with van der Waals surface area (Å²) < 4.78 is 15.8. The number of aliphatic imine (C=N–C) groups is 1. The zero-order valence-electron chi connectivity index (χ0n) is 19.8. The fourth-order valence-electron chi connectivity index (χ4n) is 3.39. The van der Waals surface area contributed by atoms with Gasteiger partial charge in [-0.25, -0.2) is 4.99 Å². The molecule has 0 radical (unpaired) electrons. The lowest BCUT2D eigenvalue weighted by Gasteiger charge is -2.36. The van der Waals surface area contributed by atoms with E-state index in [1.807, 2.05) is 18.2 Å². The average Bonchev–Trinajstić information content (AvgIpc) is 2.80. The second kappa shape index (κ2) is 15.4. The number of guanidine groups is 1. The van der Waals surface area contributed by atoms with Crippen LogP contribution in [0.1, 0.15) is 18.9 Å². The van der Waals surface area contributed by atoms with Crippen LogP contribution < -0.4 is 15.4 Å². The van der Waals surface area contributed by atoms with Crippen LogP contribution in [0.25, 0.3) is 0 Å². The summed E-state index contributed by atoms with van der Waals surface area (Å²) in [7, 11) is 3.32. The Kier molecular flexibility index (Phi) is 12.5. The van der Waals surface area contributed by atoms with Crippen LogP contribution in [0.15, 0.2) is 29.3 Å². The van der Waals surface area contributed by atoms with Crippen molar-refractivity contribution in [2.24, 2.45) is 4.99 Å². The van der Waals surface area contributed by atoms with E-state index in [0.29, 0.717) is 39.5 Å². The Hall–Kier alpha value is -2.36. The zero-order valence-corrected chi connectivity index (χ0v) is 19.8. The molecule has 1 aliphatic heterocycles. The number of nitrogens with one attached hydrogen (secondary N) is 2. The molecule has 0 atom stereocenters. The van der Waals surface area contributed by atoms with Gasteiger partial charge < -0.3 is 29.7 Å². The Bertz CT molecular complexity index is 693. The standard InChI is InChI=1S/C23H39N5O4/c1-4-24-23(26-18-20-7-5-8-21(17-20)32-15-6-14-30-2)28-12-10-27(11-13-28)19-22(29)25-9-16-31-3/h5,7-8,17H,4,6,9-16,18-19H2,1-3H3,(H,24,26)(H,25,29). The number of carbonyl (C=O) groups is 1. The first-order valence-electron chi connectivity index (χ1n) is 11.4. The summed E-state index contributed by atoms with van der Waals surface area (Å²) in [6.45, 7) is 9.62. The molecule has 0 spiro atoms. The summed E-state index contributed by atoms with van der Waals surface area (Å²) >= 11 is 0. The summed E-state index contributed by atoms with van der Waals surface area (Å²) in [4.78, 5) is 21.3. The minimum atomic E-state index is 0.0420. The van der Waals surface area contributed by atoms with Crippen LogP contribution in [0.5, 0.6) is 5.75 Å². The van der Waals surface area contributed by atoms with E-state index in [4.69, 9.17) is 19.2 Å². The number of nitrogens with zero attached hydrogens (tertiary/aromatic N) is 3. The molecule has 1 saturated heterocycles. The van der Waals surface area contributed by atoms with Crippen molar-refractivity contribution in [2.45, 2.75) is 19.9 Å². The maximum atomic E-state index is 12.0. The third-order valence-corrected chi connectivity index (χ3v) is 5.07. The van der Waals surface area contributed by atoms with Crippen LogP contribution in [0, 0.1) is 0 Å². The summed E-state index contributed by atoms with van der Waals surface area (Å²) in [5.74, 6) is 1.81. The molecule has 2 rings (SSSR count). The summed E-state index contributed by atoms with van der Waals surface area (Å²) in [6.07, 6.45) is 0.865. The maximum Gasteiger partial charge on any atom is 0.234 e. The monoisotopic (exact) mass is 449 g/mol. The van der Waals surface area contributed by atoms with Crippen LogP contribution in [0.4, 0.5) is 0 Å². The molecule has 32 heavy (non-hydrogen) atoms. The molecule has 9 nitrogen and oxygen atoms in total. The van der Waals surface area contributed by atoms with Crippen molar-refractivity contribution < 1.29 is 19.0 Å². The summed E-state index contributed by atoms with van der Waals surface area (Å²) in [5.41, 5.74) is 1.11. The molecule has 180 valence electrons. The van der Waals surface area contributed by atoms with Gasteiger partial charge in [-0.15, -0.1) is 0 Å². The lowest BCUT2D eigenvalue weighted by molar-refractivity contribution is -0.122. The highest BCUT2D eigenvalue weighted by molar-refractivity contribution is 5.80. The lowest BCUT2D eigenvalue weighted by Crippen LogP contribution is -2.54. The fourth-order valence-corrected chi connectivity index (χ4v) is 3.39. The van der Waals surface area contributed by atoms with E-state index >= 15 is 0 Å². The molecule has 1 fully saturated rings. The predicted molar refractivity (Wildman–Crippen MR) is 126 cm³/mol. The van der Waals surface area contributed by atoms with Crippen molar-refractivity contribution in [3.8, 4) is 5.75 Å². The molecule has 1 aromatic carbocycles. The summed E-state index contributed by atoms with van der Waals surface area (Å²) in [5, 5.41) is 6.27. The molecular weight excluding hydrogens is 410 g/mol. The van der Waals surface area contributed by atoms with Crippen LogP contribution in [-0.4, -0.2) is 102 Å². The average molecular weight is 450 g/mol. The number of amides is 1. The topological polar surface area (TPSA) is 87.7 Å². The minimum Gasteiger partial charge on any atom is -0.493 e. The Labute approximate surface area is 192 Å². The van der Waals surface area contributed by atoms with E-state index in [1.54, 1.807) is 14.2 Å². The molecule has 9 heteroatoms. The Balaban J connectivity index is 1.83. The van der Waals surface area contributed by atoms with Crippen molar-refractivity contribution in [3.63, 3.8) is 0 Å². The lowest BCUT2D eigenvalue weighted by atomic mass is 10.2. The van der Waals surface area contributed by atoms with E-state index in [0.717, 1.165) is 56.4 Å². The van der Waals surface area contributed by atoms with Gasteiger partial charge in [0.2, 0.25) is 5.91 Å². The molecule has 1 amide bonds. The number of carbonyl (C=O) groups excluding carboxylic acids is 1. The number of ether oxygens (including phenoxy) is 3. The van der Waals surface area contributed by atoms with Gasteiger partial charge >= 0.3 is 0 Å². The molecular formula is C23H39N5O4. The van der Waals surface area contributed by atoms with Crippen molar-refractivity contribution in [2.75, 3.05) is 79.9 Å². The van der Waals surface area contributed by atoms with E-state index < -0.39 is 0 Å². The molecule has 1 heterocycles. The number of hydrogen-bond acceptors (Lipinski definition) is 6. The van der Waals surface area contributed by atoms with Gasteiger partial charge in [0, 0.05) is 66.5 Å². The molecule has 0 bridgehead atoms. The number of piperazine rings is 1. The maximum absolute atomic E-state index is 12.0. The molecule has 0 aliphatic carbocycles. The van der Waals surface area contributed by atoms with E-state index in [2.05, 4.69) is 33.4 Å². The van der Waals surface area contributed by atoms with Crippen LogP contribution in [0.3, 0.4) is 0 Å². The first-order chi connectivity index (χ1) is 15.7. The molecule has 0 unspecified atom stereocenters. The molecule has 1 aromatic rings. The molecule has 0 saturated carbocycles. The SMILES string of the molecule is CCNC(=NCc1cccc(OCCCOC)c1)N1CCN(CC(=O)NCCOC)CC1. The number of benzene rings is 1. The third-order valence-electron chi connectivity index (χ3n) is 5.07. The Morgan fingerprint density at radius 1 is 1.06 bits per heavy atom. The molecule has 2 N–H and O–H groups in total. The highest BCUT2D eigenvalue weighted by Gasteiger charge is 2.21. The van der Waals surface area contributed by atoms with Gasteiger partial charge in [0.05, 0.1) is 26.3 Å². The first-order valence-corrected chi connectivity index (χ1v) is 11.4. The van der Waals surface area contributed by atoms with Crippen LogP contribution in [0.2, 0.25) is 0 Å². The fraction of sp³-hybridized carbons (Fsp3) is 0.652. The highest BCUT2D eigenvalue weighted by Crippen LogP contribution is 2.15. The molecule has 0 aromatic heterocycles. The van der Waals surface area contributed by atoms with Crippen molar-refractivity contribution >= 4 is 11.9 Å². The minimum absolute atomic E-state index is 0.0420. The third kappa shape index (κ3) is 9.84. The van der Waals surface area contributed by atoms with Crippen LogP contribution in [-0.2, 0) is 20.8 Å². The van der Waals surface area contributed by atoms with Crippen molar-refractivity contribution in [3.05, 3.63) is 29.8 Å². The van der Waals surface area contributed by atoms with E-state index in [9.17, 15) is 4.79 Å². The van der Waals surface area contributed by atoms with Crippen molar-refractivity contribution in [1.29, 1.82) is 0 Å². The van der Waals surface area contributed by atoms with Gasteiger partial charge in [-0.1, -0.05) is 12.1 Å². The first kappa shape index (κ1) is 25.9. The van der Waals surface area contributed by atoms with Gasteiger partial charge in [0.1, 0.15) is 5.75 Å². The van der Waals surface area contributed by atoms with Gasteiger partial charge in [0.25, 0.3) is 0 Å². The highest BCUT2D eigenvalue weighted by atomic mass is 16.5. The van der Waals surface area contributed by atoms with E-state index in [1.165, 1.54) is 0 Å². The predicted octanol–water partition coefficient (Wildman–Crippen LogP) is 0.948.